The van der Waals surface area contributed by atoms with Crippen molar-refractivity contribution < 1.29 is 9.21 Å². The average molecular weight is 364 g/mol. The fourth-order valence-electron chi connectivity index (χ4n) is 3.24. The number of carbonyl (C=O) groups is 1. The van der Waals surface area contributed by atoms with Gasteiger partial charge in [0.2, 0.25) is 5.89 Å². The molecule has 0 atom stereocenters. The van der Waals surface area contributed by atoms with Gasteiger partial charge in [0, 0.05) is 22.9 Å². The van der Waals surface area contributed by atoms with Crippen LogP contribution in [0.5, 0.6) is 0 Å². The molecule has 134 valence electrons. The molecule has 4 nitrogen and oxygen atoms in total. The zero-order chi connectivity index (χ0) is 18.9. The molecule has 0 aliphatic rings. The molecule has 0 radical (unpaired) electrons. The van der Waals surface area contributed by atoms with Gasteiger partial charge in [0.1, 0.15) is 5.52 Å². The number of hydrogen-bond donors (Lipinski definition) is 1. The minimum atomic E-state index is -0.159. The van der Waals surface area contributed by atoms with Gasteiger partial charge in [-0.3, -0.25) is 4.79 Å². The van der Waals surface area contributed by atoms with Gasteiger partial charge in [-0.25, -0.2) is 4.98 Å². The van der Waals surface area contributed by atoms with Crippen LogP contribution in [0.4, 0.5) is 5.69 Å². The number of hydrogen-bond acceptors (Lipinski definition) is 3. The third-order valence-electron chi connectivity index (χ3n) is 4.68. The van der Waals surface area contributed by atoms with E-state index >= 15 is 0 Å². The summed E-state index contributed by atoms with van der Waals surface area (Å²) < 4.78 is 5.88. The lowest BCUT2D eigenvalue weighted by Crippen LogP contribution is -2.11. The lowest BCUT2D eigenvalue weighted by atomic mass is 10.1. The van der Waals surface area contributed by atoms with Crippen LogP contribution in [-0.4, -0.2) is 10.9 Å². The molecule has 1 aromatic heterocycles. The van der Waals surface area contributed by atoms with Gasteiger partial charge in [-0.05, 0) is 47.2 Å². The maximum absolute atomic E-state index is 12.7. The number of aromatic nitrogens is 1. The Morgan fingerprint density at radius 1 is 0.786 bits per heavy atom. The molecule has 0 saturated heterocycles. The van der Waals surface area contributed by atoms with Gasteiger partial charge in [0.05, 0.1) is 0 Å². The van der Waals surface area contributed by atoms with Crippen molar-refractivity contribution in [2.75, 3.05) is 5.32 Å². The maximum atomic E-state index is 12.7. The molecule has 28 heavy (non-hydrogen) atoms. The van der Waals surface area contributed by atoms with E-state index in [1.807, 2.05) is 84.9 Å². The number of benzene rings is 4. The van der Waals surface area contributed by atoms with Gasteiger partial charge in [0.25, 0.3) is 5.91 Å². The van der Waals surface area contributed by atoms with Crippen molar-refractivity contribution >= 4 is 33.5 Å². The predicted octanol–water partition coefficient (Wildman–Crippen LogP) is 5.90. The second-order valence-electron chi connectivity index (χ2n) is 6.58. The third kappa shape index (κ3) is 3.01. The number of nitrogens with zero attached hydrogens (tertiary/aromatic N) is 1. The normalized spacial score (nSPS) is 11.0. The fraction of sp³-hybridized carbons (Fsp3) is 0. The Hall–Kier alpha value is -3.92. The van der Waals surface area contributed by atoms with Crippen LogP contribution >= 0.6 is 0 Å². The largest absolute Gasteiger partial charge is 0.436 e. The summed E-state index contributed by atoms with van der Waals surface area (Å²) in [7, 11) is 0. The summed E-state index contributed by atoms with van der Waals surface area (Å²) in [5, 5.41) is 5.08. The van der Waals surface area contributed by atoms with E-state index in [1.54, 1.807) is 6.07 Å². The molecule has 1 heterocycles. The Bertz CT molecular complexity index is 1310. The first kappa shape index (κ1) is 16.3. The molecule has 0 aliphatic heterocycles. The van der Waals surface area contributed by atoms with Crippen molar-refractivity contribution in [3.8, 4) is 11.5 Å². The molecular formula is C24H16N2O2. The Morgan fingerprint density at radius 3 is 2.43 bits per heavy atom. The first-order chi connectivity index (χ1) is 13.8. The lowest BCUT2D eigenvalue weighted by molar-refractivity contribution is 0.102. The second-order valence-corrected chi connectivity index (χ2v) is 6.58. The topological polar surface area (TPSA) is 55.1 Å². The van der Waals surface area contributed by atoms with Crippen LogP contribution in [0, 0.1) is 0 Å². The molecule has 4 heteroatoms. The molecule has 5 rings (SSSR count). The van der Waals surface area contributed by atoms with Crippen molar-refractivity contribution in [2.24, 2.45) is 0 Å². The molecule has 1 amide bonds. The van der Waals surface area contributed by atoms with Crippen LogP contribution in [0.3, 0.4) is 0 Å². The lowest BCUT2D eigenvalue weighted by Gasteiger charge is -2.06. The summed E-state index contributed by atoms with van der Waals surface area (Å²) in [6.07, 6.45) is 0. The van der Waals surface area contributed by atoms with E-state index in [4.69, 9.17) is 4.42 Å². The number of fused-ring (bicyclic) bond motifs is 2. The summed E-state index contributed by atoms with van der Waals surface area (Å²) in [4.78, 5) is 17.2. The highest BCUT2D eigenvalue weighted by molar-refractivity contribution is 6.07. The van der Waals surface area contributed by atoms with Gasteiger partial charge in [-0.15, -0.1) is 0 Å². The Morgan fingerprint density at radius 2 is 1.57 bits per heavy atom. The molecule has 1 N–H and O–H groups in total. The molecule has 0 fully saturated rings. The van der Waals surface area contributed by atoms with E-state index in [9.17, 15) is 4.79 Å². The monoisotopic (exact) mass is 364 g/mol. The van der Waals surface area contributed by atoms with Crippen LogP contribution in [0.15, 0.2) is 95.4 Å². The fourth-order valence-corrected chi connectivity index (χ4v) is 3.24. The maximum Gasteiger partial charge on any atom is 0.255 e. The highest BCUT2D eigenvalue weighted by Gasteiger charge is 2.11. The minimum absolute atomic E-state index is 0.159. The molecule has 0 spiro atoms. The third-order valence-corrected chi connectivity index (χ3v) is 4.68. The average Bonchev–Trinajstić information content (AvgIpc) is 3.17. The van der Waals surface area contributed by atoms with Crippen LogP contribution in [0.2, 0.25) is 0 Å². The van der Waals surface area contributed by atoms with Crippen molar-refractivity contribution in [1.82, 2.24) is 4.98 Å². The van der Waals surface area contributed by atoms with Crippen molar-refractivity contribution in [2.45, 2.75) is 0 Å². The number of amides is 1. The molecule has 0 aliphatic carbocycles. The first-order valence-corrected chi connectivity index (χ1v) is 9.02. The Labute approximate surface area is 161 Å². The summed E-state index contributed by atoms with van der Waals surface area (Å²) in [6, 6.07) is 28.9. The van der Waals surface area contributed by atoms with Crippen molar-refractivity contribution in [1.29, 1.82) is 0 Å². The molecule has 5 aromatic rings. The summed E-state index contributed by atoms with van der Waals surface area (Å²) in [5.74, 6) is 0.404. The quantitative estimate of drug-likeness (QED) is 0.433. The predicted molar refractivity (Wildman–Crippen MR) is 111 cm³/mol. The van der Waals surface area contributed by atoms with Crippen LogP contribution in [0.1, 0.15) is 10.4 Å². The number of oxazole rings is 1. The van der Waals surface area contributed by atoms with Gasteiger partial charge in [-0.1, -0.05) is 48.5 Å². The van der Waals surface area contributed by atoms with Crippen LogP contribution in [-0.2, 0) is 0 Å². The molecule has 0 unspecified atom stereocenters. The summed E-state index contributed by atoms with van der Waals surface area (Å²) >= 11 is 0. The molecule has 0 saturated carbocycles. The smallest absolute Gasteiger partial charge is 0.255 e. The zero-order valence-electron chi connectivity index (χ0n) is 14.9. The molecule has 0 bridgehead atoms. The highest BCUT2D eigenvalue weighted by atomic mass is 16.3. The second kappa shape index (κ2) is 6.67. The highest BCUT2D eigenvalue weighted by Crippen LogP contribution is 2.26. The van der Waals surface area contributed by atoms with Gasteiger partial charge in [0.15, 0.2) is 5.58 Å². The van der Waals surface area contributed by atoms with Crippen LogP contribution in [0.25, 0.3) is 33.3 Å². The van der Waals surface area contributed by atoms with E-state index in [0.717, 1.165) is 21.9 Å². The molecular weight excluding hydrogens is 348 g/mol. The van der Waals surface area contributed by atoms with E-state index in [2.05, 4.69) is 10.3 Å². The van der Waals surface area contributed by atoms with Crippen LogP contribution < -0.4 is 5.32 Å². The number of rotatable bonds is 3. The number of carbonyl (C=O) groups excluding carboxylic acids is 1. The van der Waals surface area contributed by atoms with E-state index in [-0.39, 0.29) is 5.91 Å². The van der Waals surface area contributed by atoms with Gasteiger partial charge >= 0.3 is 0 Å². The SMILES string of the molecule is O=C(Nc1ccc2nc(-c3ccccc3)oc2c1)c1ccc2ccccc2c1. The Kier molecular flexibility index (Phi) is 3.87. The zero-order valence-corrected chi connectivity index (χ0v) is 14.9. The summed E-state index contributed by atoms with van der Waals surface area (Å²) in [6.45, 7) is 0. The number of anilines is 1. The van der Waals surface area contributed by atoms with Gasteiger partial charge < -0.3 is 9.73 Å². The number of nitrogens with one attached hydrogen (secondary N) is 1. The first-order valence-electron chi connectivity index (χ1n) is 9.02. The Balaban J connectivity index is 1.43. The summed E-state index contributed by atoms with van der Waals surface area (Å²) in [5.41, 5.74) is 3.58. The molecule has 4 aromatic carbocycles. The van der Waals surface area contributed by atoms with E-state index in [1.165, 1.54) is 0 Å². The van der Waals surface area contributed by atoms with E-state index < -0.39 is 0 Å². The van der Waals surface area contributed by atoms with E-state index in [0.29, 0.717) is 22.7 Å². The standard InChI is InChI=1S/C24H16N2O2/c27-23(19-11-10-16-6-4-5-9-18(16)14-19)25-20-12-13-21-22(15-20)28-24(26-21)17-7-2-1-3-8-17/h1-15H,(H,25,27). The van der Waals surface area contributed by atoms with Gasteiger partial charge in [-0.2, -0.15) is 0 Å². The van der Waals surface area contributed by atoms with Crippen molar-refractivity contribution in [3.63, 3.8) is 0 Å². The minimum Gasteiger partial charge on any atom is -0.436 e. The van der Waals surface area contributed by atoms with Crippen molar-refractivity contribution in [3.05, 3.63) is 96.6 Å².